The summed E-state index contributed by atoms with van der Waals surface area (Å²) < 4.78 is 0. The topological polar surface area (TPSA) is 61.4 Å². The summed E-state index contributed by atoms with van der Waals surface area (Å²) in [5, 5.41) is 6.01. The van der Waals surface area contributed by atoms with Gasteiger partial charge in [-0.25, -0.2) is 0 Å². The molecule has 0 bridgehead atoms. The minimum Gasteiger partial charge on any atom is -0.347 e. The van der Waals surface area contributed by atoms with E-state index in [-0.39, 0.29) is 17.9 Å². The third kappa shape index (κ3) is 4.64. The van der Waals surface area contributed by atoms with Crippen LogP contribution < -0.4 is 10.6 Å². The van der Waals surface area contributed by atoms with E-state index in [0.717, 1.165) is 13.1 Å². The van der Waals surface area contributed by atoms with Gasteiger partial charge < -0.3 is 15.5 Å². The molecule has 0 radical (unpaired) electrons. The summed E-state index contributed by atoms with van der Waals surface area (Å²) in [5.41, 5.74) is 0. The van der Waals surface area contributed by atoms with Crippen molar-refractivity contribution in [3.63, 3.8) is 0 Å². The number of amides is 2. The smallest absolute Gasteiger partial charge is 0.244 e. The first-order valence-electron chi connectivity index (χ1n) is 6.61. The van der Waals surface area contributed by atoms with Crippen molar-refractivity contribution in [1.82, 2.24) is 15.5 Å². The Kier molecular flexibility index (Phi) is 5.59. The fourth-order valence-corrected chi connectivity index (χ4v) is 2.01. The highest BCUT2D eigenvalue weighted by Gasteiger charge is 2.26. The number of likely N-dealkylation sites (N-methyl/N-ethyl adjacent to an activating group) is 1. The minimum absolute atomic E-state index is 0.0117. The van der Waals surface area contributed by atoms with E-state index in [1.165, 1.54) is 4.90 Å². The first kappa shape index (κ1) is 15.0. The van der Waals surface area contributed by atoms with Gasteiger partial charge in [0.2, 0.25) is 11.8 Å². The van der Waals surface area contributed by atoms with E-state index in [4.69, 9.17) is 0 Å². The van der Waals surface area contributed by atoms with Crippen molar-refractivity contribution < 1.29 is 9.59 Å². The molecular weight excluding hydrogens is 230 g/mol. The third-order valence-electron chi connectivity index (χ3n) is 3.12. The van der Waals surface area contributed by atoms with Crippen LogP contribution in [-0.4, -0.2) is 49.9 Å². The minimum atomic E-state index is -0.388. The summed E-state index contributed by atoms with van der Waals surface area (Å²) in [4.78, 5) is 25.4. The largest absolute Gasteiger partial charge is 0.347 e. The number of nitrogens with zero attached hydrogens (tertiary/aromatic N) is 1. The molecule has 2 amide bonds. The van der Waals surface area contributed by atoms with Crippen molar-refractivity contribution in [2.24, 2.45) is 11.8 Å². The van der Waals surface area contributed by atoms with Crippen molar-refractivity contribution in [2.75, 3.05) is 27.2 Å². The van der Waals surface area contributed by atoms with Gasteiger partial charge in [-0.05, 0) is 31.3 Å². The molecule has 0 aromatic heterocycles. The van der Waals surface area contributed by atoms with Crippen LogP contribution >= 0.6 is 0 Å². The van der Waals surface area contributed by atoms with Gasteiger partial charge in [0.05, 0.1) is 0 Å². The van der Waals surface area contributed by atoms with Gasteiger partial charge in [0.25, 0.3) is 0 Å². The van der Waals surface area contributed by atoms with Gasteiger partial charge in [0.1, 0.15) is 6.04 Å². The Morgan fingerprint density at radius 3 is 2.33 bits per heavy atom. The molecule has 5 nitrogen and oxygen atoms in total. The fraction of sp³-hybridized carbons (Fsp3) is 0.846. The lowest BCUT2D eigenvalue weighted by molar-refractivity contribution is -0.135. The predicted molar refractivity (Wildman–Crippen MR) is 71.1 cm³/mol. The summed E-state index contributed by atoms with van der Waals surface area (Å²) in [7, 11) is 3.44. The molecule has 0 spiro atoms. The molecule has 1 aliphatic rings. The van der Waals surface area contributed by atoms with Crippen LogP contribution in [0.15, 0.2) is 0 Å². The number of nitrogens with one attached hydrogen (secondary N) is 2. The van der Waals surface area contributed by atoms with E-state index in [1.807, 2.05) is 0 Å². The Morgan fingerprint density at radius 1 is 1.33 bits per heavy atom. The lowest BCUT2D eigenvalue weighted by Gasteiger charge is -2.28. The average Bonchev–Trinajstić information content (AvgIpc) is 2.20. The Morgan fingerprint density at radius 2 is 1.94 bits per heavy atom. The van der Waals surface area contributed by atoms with Crippen LogP contribution in [-0.2, 0) is 9.59 Å². The van der Waals surface area contributed by atoms with E-state index in [9.17, 15) is 9.59 Å². The molecular formula is C13H25N3O2. The number of hydrogen-bond donors (Lipinski definition) is 2. The summed E-state index contributed by atoms with van der Waals surface area (Å²) in [6.45, 7) is 5.92. The summed E-state index contributed by atoms with van der Waals surface area (Å²) >= 11 is 0. The normalized spacial score (nSPS) is 17.2. The molecule has 1 unspecified atom stereocenters. The van der Waals surface area contributed by atoms with Crippen molar-refractivity contribution in [2.45, 2.75) is 32.7 Å². The summed E-state index contributed by atoms with van der Waals surface area (Å²) in [6.07, 6.45) is 1.20. The maximum atomic E-state index is 12.0. The highest BCUT2D eigenvalue weighted by Crippen LogP contribution is 2.10. The molecule has 1 rings (SSSR count). The molecule has 0 aromatic carbocycles. The van der Waals surface area contributed by atoms with Crippen molar-refractivity contribution >= 4 is 11.8 Å². The molecule has 104 valence electrons. The van der Waals surface area contributed by atoms with Gasteiger partial charge >= 0.3 is 0 Å². The molecule has 1 saturated heterocycles. The Balaban J connectivity index is 2.48. The molecule has 2 N–H and O–H groups in total. The molecule has 0 saturated carbocycles. The quantitative estimate of drug-likeness (QED) is 0.713. The van der Waals surface area contributed by atoms with E-state index in [0.29, 0.717) is 24.7 Å². The van der Waals surface area contributed by atoms with Gasteiger partial charge in [-0.1, -0.05) is 13.8 Å². The first-order valence-corrected chi connectivity index (χ1v) is 6.61. The van der Waals surface area contributed by atoms with Gasteiger partial charge in [-0.3, -0.25) is 9.59 Å². The number of carbonyl (C=O) groups is 2. The van der Waals surface area contributed by atoms with E-state index >= 15 is 0 Å². The Labute approximate surface area is 109 Å². The maximum Gasteiger partial charge on any atom is 0.244 e. The zero-order chi connectivity index (χ0) is 13.7. The fourth-order valence-electron chi connectivity index (χ4n) is 2.01. The Hall–Kier alpha value is -1.10. The molecule has 18 heavy (non-hydrogen) atoms. The lowest BCUT2D eigenvalue weighted by atomic mass is 9.98. The molecule has 0 aliphatic carbocycles. The second-order valence-electron chi connectivity index (χ2n) is 5.71. The highest BCUT2D eigenvalue weighted by atomic mass is 16.2. The van der Waals surface area contributed by atoms with E-state index in [1.54, 1.807) is 14.1 Å². The first-order chi connectivity index (χ1) is 8.40. The summed E-state index contributed by atoms with van der Waals surface area (Å²) in [5.74, 6) is 0.773. The van der Waals surface area contributed by atoms with Gasteiger partial charge in [0.15, 0.2) is 0 Å². The zero-order valence-corrected chi connectivity index (χ0v) is 11.8. The molecule has 1 heterocycles. The second kappa shape index (κ2) is 6.73. The van der Waals surface area contributed by atoms with Crippen molar-refractivity contribution in [1.29, 1.82) is 0 Å². The zero-order valence-electron chi connectivity index (χ0n) is 11.8. The van der Waals surface area contributed by atoms with Crippen molar-refractivity contribution in [3.05, 3.63) is 0 Å². The SMILES string of the molecule is CC(C)CC(NC(=O)CC1CNC1)C(=O)N(C)C. The molecule has 5 heteroatoms. The van der Waals surface area contributed by atoms with Crippen molar-refractivity contribution in [3.8, 4) is 0 Å². The van der Waals surface area contributed by atoms with Gasteiger partial charge in [0, 0.05) is 20.5 Å². The van der Waals surface area contributed by atoms with Crippen LogP contribution in [0, 0.1) is 11.8 Å². The van der Waals surface area contributed by atoms with E-state index < -0.39 is 0 Å². The molecule has 0 aromatic rings. The molecule has 1 aliphatic heterocycles. The van der Waals surface area contributed by atoms with Crippen LogP contribution in [0.4, 0.5) is 0 Å². The standard InChI is InChI=1S/C13H25N3O2/c1-9(2)5-11(13(18)16(3)4)15-12(17)6-10-7-14-8-10/h9-11,14H,5-8H2,1-4H3,(H,15,17). The lowest BCUT2D eigenvalue weighted by Crippen LogP contribution is -2.49. The van der Waals surface area contributed by atoms with Crippen LogP contribution in [0.5, 0.6) is 0 Å². The van der Waals surface area contributed by atoms with Crippen LogP contribution in [0.1, 0.15) is 26.7 Å². The number of carbonyl (C=O) groups excluding carboxylic acids is 2. The number of hydrogen-bond acceptors (Lipinski definition) is 3. The average molecular weight is 255 g/mol. The maximum absolute atomic E-state index is 12.0. The third-order valence-corrected chi connectivity index (χ3v) is 3.12. The molecule has 1 fully saturated rings. The van der Waals surface area contributed by atoms with Crippen LogP contribution in [0.2, 0.25) is 0 Å². The monoisotopic (exact) mass is 255 g/mol. The second-order valence-corrected chi connectivity index (χ2v) is 5.71. The van der Waals surface area contributed by atoms with E-state index in [2.05, 4.69) is 24.5 Å². The number of rotatable bonds is 6. The van der Waals surface area contributed by atoms with Gasteiger partial charge in [-0.2, -0.15) is 0 Å². The predicted octanol–water partition coefficient (Wildman–Crippen LogP) is 0.215. The highest BCUT2D eigenvalue weighted by molar-refractivity contribution is 5.87. The van der Waals surface area contributed by atoms with Gasteiger partial charge in [-0.15, -0.1) is 0 Å². The molecule has 1 atom stereocenters. The summed E-state index contributed by atoms with van der Waals surface area (Å²) in [6, 6.07) is -0.388. The van der Waals surface area contributed by atoms with Crippen LogP contribution in [0.25, 0.3) is 0 Å². The van der Waals surface area contributed by atoms with Crippen LogP contribution in [0.3, 0.4) is 0 Å². The Bertz CT molecular complexity index is 299.